The van der Waals surface area contributed by atoms with E-state index in [4.69, 9.17) is 0 Å². The monoisotopic (exact) mass is 166 g/mol. The van der Waals surface area contributed by atoms with Crippen LogP contribution in [0.5, 0.6) is 0 Å². The molecule has 1 heteroatoms. The molecule has 0 aliphatic rings. The minimum atomic E-state index is 0.00508. The molecule has 0 radical (unpaired) electrons. The van der Waals surface area contributed by atoms with Gasteiger partial charge in [-0.15, -0.1) is 0 Å². The van der Waals surface area contributed by atoms with Gasteiger partial charge in [-0.3, -0.25) is 4.79 Å². The summed E-state index contributed by atoms with van der Waals surface area (Å²) in [6.45, 7) is 5.58. The number of carbonyl (C=O) groups excluding carboxylic acids is 1. The van der Waals surface area contributed by atoms with E-state index in [0.717, 1.165) is 6.42 Å². The molecule has 0 spiro atoms. The van der Waals surface area contributed by atoms with Crippen LogP contribution in [0.15, 0.2) is 24.8 Å². The van der Waals surface area contributed by atoms with Gasteiger partial charge >= 0.3 is 0 Å². The number of unbranched alkanes of at least 4 members (excludes halogenated alkanes) is 4. The summed E-state index contributed by atoms with van der Waals surface area (Å²) < 4.78 is 0. The predicted molar refractivity (Wildman–Crippen MR) is 53.1 cm³/mol. The standard InChI is InChI=1S/C11H18O/c1-3-5-6-7-8-9-10-11(12)4-2/h4,9-10H,2-3,5-8H2,1H3/b10-9+. The molecule has 0 aromatic heterocycles. The zero-order chi connectivity index (χ0) is 9.23. The molecule has 0 amide bonds. The number of carbonyl (C=O) groups is 1. The number of hydrogen-bond donors (Lipinski definition) is 0. The van der Waals surface area contributed by atoms with Crippen LogP contribution in [0.3, 0.4) is 0 Å². The van der Waals surface area contributed by atoms with Gasteiger partial charge in [0, 0.05) is 0 Å². The smallest absolute Gasteiger partial charge is 0.177 e. The van der Waals surface area contributed by atoms with Gasteiger partial charge in [-0.1, -0.05) is 38.8 Å². The highest BCUT2D eigenvalue weighted by molar-refractivity contribution is 5.98. The molecule has 68 valence electrons. The first-order valence-corrected chi connectivity index (χ1v) is 4.64. The second-order valence-electron chi connectivity index (χ2n) is 2.86. The van der Waals surface area contributed by atoms with Crippen LogP contribution in [0.1, 0.15) is 39.0 Å². The average Bonchev–Trinajstić information content (AvgIpc) is 2.10. The van der Waals surface area contributed by atoms with Gasteiger partial charge in [0.15, 0.2) is 5.78 Å². The minimum Gasteiger partial charge on any atom is -0.290 e. The molecule has 0 N–H and O–H groups in total. The van der Waals surface area contributed by atoms with Crippen molar-refractivity contribution in [3.8, 4) is 0 Å². The summed E-state index contributed by atoms with van der Waals surface area (Å²) in [5, 5.41) is 0. The Morgan fingerprint density at radius 3 is 2.67 bits per heavy atom. The molecular formula is C11H18O. The highest BCUT2D eigenvalue weighted by atomic mass is 16.1. The summed E-state index contributed by atoms with van der Waals surface area (Å²) >= 11 is 0. The summed E-state index contributed by atoms with van der Waals surface area (Å²) in [5.74, 6) is 0.00508. The lowest BCUT2D eigenvalue weighted by molar-refractivity contribution is -0.110. The van der Waals surface area contributed by atoms with E-state index in [0.29, 0.717) is 0 Å². The lowest BCUT2D eigenvalue weighted by atomic mass is 10.1. The Hall–Kier alpha value is -0.850. The minimum absolute atomic E-state index is 0.00508. The number of allylic oxidation sites excluding steroid dienone is 3. The highest BCUT2D eigenvalue weighted by Gasteiger charge is 1.86. The average molecular weight is 166 g/mol. The highest BCUT2D eigenvalue weighted by Crippen LogP contribution is 2.02. The molecule has 0 saturated carbocycles. The Kier molecular flexibility index (Phi) is 7.66. The molecule has 0 aliphatic heterocycles. The molecular weight excluding hydrogens is 148 g/mol. The van der Waals surface area contributed by atoms with Crippen LogP contribution in [0.25, 0.3) is 0 Å². The van der Waals surface area contributed by atoms with E-state index >= 15 is 0 Å². The maximum Gasteiger partial charge on any atom is 0.177 e. The number of rotatable bonds is 7. The largest absolute Gasteiger partial charge is 0.290 e. The van der Waals surface area contributed by atoms with E-state index in [1.165, 1.54) is 31.8 Å². The zero-order valence-corrected chi connectivity index (χ0v) is 7.88. The first-order valence-electron chi connectivity index (χ1n) is 4.64. The van der Waals surface area contributed by atoms with Crippen molar-refractivity contribution < 1.29 is 4.79 Å². The Balaban J connectivity index is 3.24. The zero-order valence-electron chi connectivity index (χ0n) is 7.88. The molecule has 0 unspecified atom stereocenters. The third-order valence-corrected chi connectivity index (χ3v) is 1.71. The summed E-state index contributed by atoms with van der Waals surface area (Å²) in [7, 11) is 0. The van der Waals surface area contributed by atoms with Crippen LogP contribution in [0.4, 0.5) is 0 Å². The third kappa shape index (κ3) is 7.26. The van der Waals surface area contributed by atoms with Gasteiger partial charge in [0.2, 0.25) is 0 Å². The van der Waals surface area contributed by atoms with Crippen LogP contribution in [-0.2, 0) is 4.79 Å². The first-order chi connectivity index (χ1) is 5.81. The second-order valence-corrected chi connectivity index (χ2v) is 2.86. The number of hydrogen-bond acceptors (Lipinski definition) is 1. The molecule has 0 atom stereocenters. The van der Waals surface area contributed by atoms with E-state index in [2.05, 4.69) is 13.5 Å². The van der Waals surface area contributed by atoms with Crippen molar-refractivity contribution in [2.24, 2.45) is 0 Å². The molecule has 0 fully saturated rings. The molecule has 0 heterocycles. The van der Waals surface area contributed by atoms with Gasteiger partial charge in [-0.2, -0.15) is 0 Å². The number of ketones is 1. The van der Waals surface area contributed by atoms with Gasteiger partial charge in [0.1, 0.15) is 0 Å². The van der Waals surface area contributed by atoms with Crippen molar-refractivity contribution in [1.29, 1.82) is 0 Å². The topological polar surface area (TPSA) is 17.1 Å². The van der Waals surface area contributed by atoms with Crippen molar-refractivity contribution in [3.63, 3.8) is 0 Å². The summed E-state index contributed by atoms with van der Waals surface area (Å²) in [4.78, 5) is 10.7. The first kappa shape index (κ1) is 11.2. The fraction of sp³-hybridized carbons (Fsp3) is 0.545. The summed E-state index contributed by atoms with van der Waals surface area (Å²) in [5.41, 5.74) is 0. The Bertz CT molecular complexity index is 156. The fourth-order valence-electron chi connectivity index (χ4n) is 0.956. The van der Waals surface area contributed by atoms with Crippen molar-refractivity contribution in [2.45, 2.75) is 39.0 Å². The van der Waals surface area contributed by atoms with Crippen molar-refractivity contribution >= 4 is 5.78 Å². The van der Waals surface area contributed by atoms with E-state index in [9.17, 15) is 4.79 Å². The van der Waals surface area contributed by atoms with Crippen LogP contribution < -0.4 is 0 Å². The SMILES string of the molecule is C=CC(=O)/C=C/CCCCCC. The molecule has 1 nitrogen and oxygen atoms in total. The summed E-state index contributed by atoms with van der Waals surface area (Å²) in [6, 6.07) is 0. The van der Waals surface area contributed by atoms with E-state index in [1.54, 1.807) is 6.08 Å². The summed E-state index contributed by atoms with van der Waals surface area (Å²) in [6.07, 6.45) is 10.9. The molecule has 0 bridgehead atoms. The lowest BCUT2D eigenvalue weighted by Crippen LogP contribution is -1.82. The Morgan fingerprint density at radius 2 is 2.08 bits per heavy atom. The van der Waals surface area contributed by atoms with E-state index < -0.39 is 0 Å². The molecule has 0 aromatic rings. The van der Waals surface area contributed by atoms with Gasteiger partial charge in [0.05, 0.1) is 0 Å². The van der Waals surface area contributed by atoms with Crippen LogP contribution in [0.2, 0.25) is 0 Å². The maximum atomic E-state index is 10.7. The predicted octanol–water partition coefficient (Wildman–Crippen LogP) is 3.27. The van der Waals surface area contributed by atoms with Gasteiger partial charge in [0.25, 0.3) is 0 Å². The van der Waals surface area contributed by atoms with Crippen molar-refractivity contribution in [3.05, 3.63) is 24.8 Å². The molecule has 0 rings (SSSR count). The van der Waals surface area contributed by atoms with Gasteiger partial charge in [-0.05, 0) is 25.0 Å². The molecule has 12 heavy (non-hydrogen) atoms. The quantitative estimate of drug-likeness (QED) is 0.419. The van der Waals surface area contributed by atoms with Crippen LogP contribution >= 0.6 is 0 Å². The van der Waals surface area contributed by atoms with Crippen molar-refractivity contribution in [1.82, 2.24) is 0 Å². The molecule has 0 aliphatic carbocycles. The van der Waals surface area contributed by atoms with E-state index in [1.807, 2.05) is 6.08 Å². The Labute approximate surface area is 75.2 Å². The lowest BCUT2D eigenvalue weighted by Gasteiger charge is -1.93. The normalized spacial score (nSPS) is 10.4. The van der Waals surface area contributed by atoms with Crippen molar-refractivity contribution in [2.75, 3.05) is 0 Å². The molecule has 0 aromatic carbocycles. The molecule has 0 saturated heterocycles. The third-order valence-electron chi connectivity index (χ3n) is 1.71. The van der Waals surface area contributed by atoms with Crippen LogP contribution in [0, 0.1) is 0 Å². The second kappa shape index (κ2) is 8.25. The maximum absolute atomic E-state index is 10.7. The Morgan fingerprint density at radius 1 is 1.33 bits per heavy atom. The van der Waals surface area contributed by atoms with Gasteiger partial charge < -0.3 is 0 Å². The van der Waals surface area contributed by atoms with Crippen LogP contribution in [-0.4, -0.2) is 5.78 Å². The fourth-order valence-corrected chi connectivity index (χ4v) is 0.956. The van der Waals surface area contributed by atoms with Gasteiger partial charge in [-0.25, -0.2) is 0 Å². The van der Waals surface area contributed by atoms with E-state index in [-0.39, 0.29) is 5.78 Å².